The van der Waals surface area contributed by atoms with Crippen molar-refractivity contribution < 1.29 is 4.79 Å². The van der Waals surface area contributed by atoms with Crippen molar-refractivity contribution >= 4 is 39.3 Å². The first kappa shape index (κ1) is 21.4. The molecule has 5 rings (SSSR count). The van der Waals surface area contributed by atoms with Crippen molar-refractivity contribution in [3.8, 4) is 17.9 Å². The fourth-order valence-electron chi connectivity index (χ4n) is 3.86. The van der Waals surface area contributed by atoms with Crippen LogP contribution in [0, 0.1) is 29.1 Å². The van der Waals surface area contributed by atoms with E-state index in [0.29, 0.717) is 18.1 Å². The number of hydrogen-bond donors (Lipinski definition) is 2. The second-order valence-electron chi connectivity index (χ2n) is 8.30. The van der Waals surface area contributed by atoms with Gasteiger partial charge < -0.3 is 15.2 Å². The monoisotopic (exact) mass is 449 g/mol. The number of carbonyl (C=O) groups is 1. The molecule has 1 fully saturated rings. The lowest BCUT2D eigenvalue weighted by Crippen LogP contribution is -2.14. The minimum atomic E-state index is 0.0164. The fraction of sp³-hybridized carbons (Fsp3) is 0.269. The number of nitrogens with one attached hydrogen (secondary N) is 2. The van der Waals surface area contributed by atoms with Gasteiger partial charge in [0.15, 0.2) is 0 Å². The molecule has 168 valence electrons. The average Bonchev–Trinajstić information content (AvgIpc) is 3.64. The number of carbonyl (C=O) groups excluding carboxylic acids is 1. The molecule has 0 radical (unpaired) electrons. The molecule has 0 atom stereocenters. The summed E-state index contributed by atoms with van der Waals surface area (Å²) in [5.41, 5.74) is 3.49. The summed E-state index contributed by atoms with van der Waals surface area (Å²) in [6.07, 6.45) is 8.45. The summed E-state index contributed by atoms with van der Waals surface area (Å²) in [4.78, 5) is 25.5. The highest BCUT2D eigenvalue weighted by Gasteiger charge is 2.29. The quantitative estimate of drug-likeness (QED) is 0.339. The van der Waals surface area contributed by atoms with Gasteiger partial charge in [-0.1, -0.05) is 11.8 Å². The normalized spacial score (nSPS) is 12.7. The number of benzene rings is 1. The van der Waals surface area contributed by atoms with Gasteiger partial charge in [0.25, 0.3) is 0 Å². The molecule has 34 heavy (non-hydrogen) atoms. The Kier molecular flexibility index (Phi) is 5.80. The number of nitriles is 1. The Morgan fingerprint density at radius 2 is 2.03 bits per heavy atom. The van der Waals surface area contributed by atoms with Crippen molar-refractivity contribution in [1.29, 1.82) is 5.26 Å². The molecule has 0 unspecified atom stereocenters. The number of anilines is 2. The molecular weight excluding hydrogens is 426 g/mol. The van der Waals surface area contributed by atoms with Gasteiger partial charge in [0, 0.05) is 54.7 Å². The van der Waals surface area contributed by atoms with E-state index < -0.39 is 0 Å². The van der Waals surface area contributed by atoms with E-state index in [9.17, 15) is 4.79 Å². The number of fused-ring (bicyclic) bond motifs is 2. The van der Waals surface area contributed by atoms with Crippen LogP contribution in [0.4, 0.5) is 11.6 Å². The SMILES string of the molecule is CNc1ncc(C#Cc2ccc3c(c2)ncn3CCCC#N)c2cc(NC(=O)C3CC3)ncc12. The summed E-state index contributed by atoms with van der Waals surface area (Å²) in [6, 6.07) is 9.97. The Morgan fingerprint density at radius 1 is 1.15 bits per heavy atom. The molecule has 0 bridgehead atoms. The third-order valence-electron chi connectivity index (χ3n) is 5.86. The highest BCUT2D eigenvalue weighted by atomic mass is 16.2. The van der Waals surface area contributed by atoms with E-state index in [1.54, 1.807) is 18.7 Å². The van der Waals surface area contributed by atoms with Gasteiger partial charge >= 0.3 is 0 Å². The first-order valence-corrected chi connectivity index (χ1v) is 11.3. The van der Waals surface area contributed by atoms with Gasteiger partial charge in [0.2, 0.25) is 5.91 Å². The van der Waals surface area contributed by atoms with Gasteiger partial charge in [0.1, 0.15) is 11.6 Å². The van der Waals surface area contributed by atoms with Crippen LogP contribution in [0.25, 0.3) is 21.8 Å². The third-order valence-corrected chi connectivity index (χ3v) is 5.86. The van der Waals surface area contributed by atoms with Crippen molar-refractivity contribution in [2.45, 2.75) is 32.2 Å². The van der Waals surface area contributed by atoms with Gasteiger partial charge in [0.05, 0.1) is 29.0 Å². The second kappa shape index (κ2) is 9.21. The van der Waals surface area contributed by atoms with Gasteiger partial charge in [-0.2, -0.15) is 5.26 Å². The summed E-state index contributed by atoms with van der Waals surface area (Å²) >= 11 is 0. The maximum Gasteiger partial charge on any atom is 0.228 e. The molecular formula is C26H23N7O. The summed E-state index contributed by atoms with van der Waals surface area (Å²) in [5.74, 6) is 7.80. The van der Waals surface area contributed by atoms with E-state index >= 15 is 0 Å². The molecule has 3 aromatic heterocycles. The number of amides is 1. The van der Waals surface area contributed by atoms with Crippen molar-refractivity contribution in [3.05, 3.63) is 54.1 Å². The first-order chi connectivity index (χ1) is 16.7. The molecule has 1 aliphatic rings. The predicted octanol–water partition coefficient (Wildman–Crippen LogP) is 4.07. The van der Waals surface area contributed by atoms with Crippen LogP contribution in [0.15, 0.2) is 43.0 Å². The summed E-state index contributed by atoms with van der Waals surface area (Å²) in [6.45, 7) is 0.762. The maximum atomic E-state index is 12.2. The van der Waals surface area contributed by atoms with Crippen LogP contribution in [0.2, 0.25) is 0 Å². The molecule has 0 saturated heterocycles. The Bertz CT molecular complexity index is 1500. The van der Waals surface area contributed by atoms with Gasteiger partial charge in [-0.25, -0.2) is 15.0 Å². The molecule has 0 spiro atoms. The lowest BCUT2D eigenvalue weighted by Gasteiger charge is -2.09. The average molecular weight is 450 g/mol. The van der Waals surface area contributed by atoms with Gasteiger partial charge in [-0.15, -0.1) is 0 Å². The van der Waals surface area contributed by atoms with Crippen LogP contribution >= 0.6 is 0 Å². The van der Waals surface area contributed by atoms with Gasteiger partial charge in [-0.05, 0) is 43.5 Å². The molecule has 1 aromatic carbocycles. The molecule has 1 aliphatic carbocycles. The smallest absolute Gasteiger partial charge is 0.228 e. The molecule has 1 amide bonds. The van der Waals surface area contributed by atoms with Gasteiger partial charge in [-0.3, -0.25) is 4.79 Å². The Balaban J connectivity index is 1.46. The van der Waals surface area contributed by atoms with Crippen LogP contribution in [-0.2, 0) is 11.3 Å². The zero-order valence-electron chi connectivity index (χ0n) is 18.8. The topological polar surface area (TPSA) is 109 Å². The number of rotatable bonds is 6. The zero-order valence-corrected chi connectivity index (χ0v) is 18.8. The van der Waals surface area contributed by atoms with Crippen molar-refractivity contribution in [2.75, 3.05) is 17.7 Å². The number of imidazole rings is 1. The number of hydrogen-bond acceptors (Lipinski definition) is 6. The predicted molar refractivity (Wildman–Crippen MR) is 131 cm³/mol. The Hall–Kier alpha value is -4.43. The molecule has 3 heterocycles. The molecule has 2 N–H and O–H groups in total. The summed E-state index contributed by atoms with van der Waals surface area (Å²) < 4.78 is 2.06. The molecule has 0 aliphatic heterocycles. The number of pyridine rings is 2. The molecule has 4 aromatic rings. The zero-order chi connectivity index (χ0) is 23.5. The first-order valence-electron chi connectivity index (χ1n) is 11.3. The molecule has 1 saturated carbocycles. The minimum absolute atomic E-state index is 0.0164. The lowest BCUT2D eigenvalue weighted by atomic mass is 10.1. The molecule has 8 heteroatoms. The van der Waals surface area contributed by atoms with E-state index in [0.717, 1.165) is 58.7 Å². The lowest BCUT2D eigenvalue weighted by molar-refractivity contribution is -0.117. The van der Waals surface area contributed by atoms with Crippen LogP contribution < -0.4 is 10.6 Å². The van der Waals surface area contributed by atoms with E-state index in [-0.39, 0.29) is 11.8 Å². The number of nitrogens with zero attached hydrogens (tertiary/aromatic N) is 5. The van der Waals surface area contributed by atoms with E-state index in [2.05, 4.69) is 48.1 Å². The summed E-state index contributed by atoms with van der Waals surface area (Å²) in [7, 11) is 1.81. The van der Waals surface area contributed by atoms with Crippen LogP contribution in [-0.4, -0.2) is 32.5 Å². The molecule has 8 nitrogen and oxygen atoms in total. The van der Waals surface area contributed by atoms with Crippen molar-refractivity contribution in [1.82, 2.24) is 19.5 Å². The van der Waals surface area contributed by atoms with Crippen molar-refractivity contribution in [2.24, 2.45) is 5.92 Å². The van der Waals surface area contributed by atoms with Crippen molar-refractivity contribution in [3.63, 3.8) is 0 Å². The van der Waals surface area contributed by atoms with E-state index in [4.69, 9.17) is 5.26 Å². The number of aromatic nitrogens is 4. The largest absolute Gasteiger partial charge is 0.373 e. The maximum absolute atomic E-state index is 12.2. The Labute approximate surface area is 197 Å². The third kappa shape index (κ3) is 4.39. The summed E-state index contributed by atoms with van der Waals surface area (Å²) in [5, 5.41) is 16.5. The van der Waals surface area contributed by atoms with Crippen LogP contribution in [0.1, 0.15) is 36.8 Å². The van der Waals surface area contributed by atoms with Crippen LogP contribution in [0.5, 0.6) is 0 Å². The number of unbranched alkanes of at least 4 members (excludes halogenated alkanes) is 1. The standard InChI is InChI=1S/C26H23N7O/c1-28-25-21-15-29-24(32-26(34)18-7-8-18)13-20(21)19(14-30-25)6-4-17-5-9-23-22(12-17)31-16-33(23)11-3-2-10-27/h5,9,12-16,18H,2-3,7-8,11H2,1H3,(H,28,30)(H,29,32,34). The Morgan fingerprint density at radius 3 is 2.82 bits per heavy atom. The van der Waals surface area contributed by atoms with E-state index in [1.807, 2.05) is 31.3 Å². The minimum Gasteiger partial charge on any atom is -0.373 e. The van der Waals surface area contributed by atoms with Crippen LogP contribution in [0.3, 0.4) is 0 Å². The number of aryl methyl sites for hydroxylation is 1. The fourth-order valence-corrected chi connectivity index (χ4v) is 3.86. The second-order valence-corrected chi connectivity index (χ2v) is 8.30. The van der Waals surface area contributed by atoms with E-state index in [1.165, 1.54) is 0 Å². The highest BCUT2D eigenvalue weighted by Crippen LogP contribution is 2.31. The highest BCUT2D eigenvalue weighted by molar-refractivity contribution is 5.99.